The van der Waals surface area contributed by atoms with Crippen LogP contribution in [0.3, 0.4) is 0 Å². The summed E-state index contributed by atoms with van der Waals surface area (Å²) >= 11 is 0. The predicted octanol–water partition coefficient (Wildman–Crippen LogP) is 13.6. The molecule has 2 atom stereocenters. The fraction of sp³-hybridized carbons (Fsp3) is 0.818. The van der Waals surface area contributed by atoms with E-state index in [1.165, 1.54) is 109 Å². The lowest BCUT2D eigenvalue weighted by Crippen LogP contribution is -2.29. The highest BCUT2D eigenvalue weighted by atomic mass is 31.2. The van der Waals surface area contributed by atoms with Crippen molar-refractivity contribution in [3.05, 3.63) is 36.5 Å². The second-order valence-electron chi connectivity index (χ2n) is 14.5. The topological polar surface area (TPSA) is 108 Å². The third-order valence-corrected chi connectivity index (χ3v) is 10.3. The standard InChI is InChI=1S/C44H81O8P/c1-4-6-8-10-12-14-16-18-19-20-21-22-23-24-25-27-29-31-33-35-37-39-44(46)52-42(41-51-53(47,48)49-3)40-50-43(45)38-36-34-32-30-28-26-17-15-13-11-9-7-5-2/h15-18,20-21,42H,4-14,19,22-41H2,1-3H3,(H,47,48)/b17-15-,18-16-,21-20-. The van der Waals surface area contributed by atoms with Gasteiger partial charge in [-0.3, -0.25) is 18.6 Å². The van der Waals surface area contributed by atoms with Gasteiger partial charge in [-0.1, -0.05) is 159 Å². The molecule has 2 unspecified atom stereocenters. The highest BCUT2D eigenvalue weighted by Gasteiger charge is 2.24. The van der Waals surface area contributed by atoms with Crippen molar-refractivity contribution in [1.29, 1.82) is 0 Å². The quantitative estimate of drug-likeness (QED) is 0.0284. The van der Waals surface area contributed by atoms with Crippen LogP contribution in [0.5, 0.6) is 0 Å². The predicted molar refractivity (Wildman–Crippen MR) is 221 cm³/mol. The number of rotatable bonds is 40. The van der Waals surface area contributed by atoms with Crippen molar-refractivity contribution in [3.63, 3.8) is 0 Å². The van der Waals surface area contributed by atoms with E-state index in [9.17, 15) is 19.0 Å². The van der Waals surface area contributed by atoms with Crippen LogP contribution >= 0.6 is 7.82 Å². The zero-order valence-corrected chi connectivity index (χ0v) is 35.3. The van der Waals surface area contributed by atoms with Crippen molar-refractivity contribution in [2.24, 2.45) is 0 Å². The second-order valence-corrected chi connectivity index (χ2v) is 16.0. The summed E-state index contributed by atoms with van der Waals surface area (Å²) in [5, 5.41) is 0. The zero-order chi connectivity index (χ0) is 38.9. The van der Waals surface area contributed by atoms with E-state index >= 15 is 0 Å². The first-order valence-electron chi connectivity index (χ1n) is 21.7. The molecule has 0 aliphatic rings. The first kappa shape index (κ1) is 51.3. The maximum absolute atomic E-state index is 12.5. The molecular formula is C44H81O8P. The summed E-state index contributed by atoms with van der Waals surface area (Å²) in [5.74, 6) is -0.816. The molecule has 0 amide bonds. The van der Waals surface area contributed by atoms with Gasteiger partial charge in [0.1, 0.15) is 6.61 Å². The van der Waals surface area contributed by atoms with Gasteiger partial charge in [0.25, 0.3) is 0 Å². The van der Waals surface area contributed by atoms with Crippen LogP contribution in [0.25, 0.3) is 0 Å². The molecule has 0 bridgehead atoms. The molecule has 0 aliphatic heterocycles. The van der Waals surface area contributed by atoms with Gasteiger partial charge in [0.15, 0.2) is 6.10 Å². The van der Waals surface area contributed by atoms with Crippen LogP contribution in [0.2, 0.25) is 0 Å². The average molecular weight is 769 g/mol. The van der Waals surface area contributed by atoms with Gasteiger partial charge < -0.3 is 14.4 Å². The summed E-state index contributed by atoms with van der Waals surface area (Å²) < 4.78 is 32.0. The number of ether oxygens (including phenoxy) is 2. The van der Waals surface area contributed by atoms with Gasteiger partial charge in [0.05, 0.1) is 6.61 Å². The molecule has 8 nitrogen and oxygen atoms in total. The molecule has 0 rings (SSSR count). The smallest absolute Gasteiger partial charge is 0.462 e. The summed E-state index contributed by atoms with van der Waals surface area (Å²) in [4.78, 5) is 34.4. The Morgan fingerprint density at radius 1 is 0.528 bits per heavy atom. The number of carbonyl (C=O) groups excluding carboxylic acids is 2. The zero-order valence-electron chi connectivity index (χ0n) is 34.4. The molecule has 9 heteroatoms. The number of hydrogen-bond acceptors (Lipinski definition) is 7. The average Bonchev–Trinajstić information content (AvgIpc) is 3.15. The van der Waals surface area contributed by atoms with Crippen LogP contribution in [0.1, 0.15) is 206 Å². The SMILES string of the molecule is CCCCCC/C=C\CCCCCCCC(=O)OCC(COP(=O)(O)OC)OC(=O)CCCCCCCCCCC/C=C\C/C=C\CCCCCCC. The van der Waals surface area contributed by atoms with Crippen LogP contribution in [0.4, 0.5) is 0 Å². The van der Waals surface area contributed by atoms with Gasteiger partial charge in [-0.2, -0.15) is 0 Å². The molecular weight excluding hydrogens is 687 g/mol. The van der Waals surface area contributed by atoms with E-state index in [-0.39, 0.29) is 25.4 Å². The molecule has 53 heavy (non-hydrogen) atoms. The second kappa shape index (κ2) is 39.9. The Labute approximate surface area is 325 Å². The highest BCUT2D eigenvalue weighted by Crippen LogP contribution is 2.42. The van der Waals surface area contributed by atoms with E-state index < -0.39 is 26.5 Å². The van der Waals surface area contributed by atoms with E-state index in [1.807, 2.05) is 0 Å². The molecule has 0 saturated carbocycles. The van der Waals surface area contributed by atoms with Crippen LogP contribution in [0, 0.1) is 0 Å². The maximum atomic E-state index is 12.5. The van der Waals surface area contributed by atoms with Crippen molar-refractivity contribution < 1.29 is 37.6 Å². The van der Waals surface area contributed by atoms with Crippen molar-refractivity contribution in [2.75, 3.05) is 20.3 Å². The van der Waals surface area contributed by atoms with E-state index in [0.717, 1.165) is 71.3 Å². The van der Waals surface area contributed by atoms with Crippen molar-refractivity contribution >= 4 is 19.8 Å². The Balaban J connectivity index is 3.98. The summed E-state index contributed by atoms with van der Waals surface area (Å²) in [7, 11) is -3.20. The first-order valence-corrected chi connectivity index (χ1v) is 23.2. The molecule has 0 saturated heterocycles. The lowest BCUT2D eigenvalue weighted by Gasteiger charge is -2.19. The van der Waals surface area contributed by atoms with Gasteiger partial charge in [-0.05, 0) is 70.6 Å². The summed E-state index contributed by atoms with van der Waals surface area (Å²) in [5.41, 5.74) is 0. The van der Waals surface area contributed by atoms with Crippen LogP contribution in [-0.4, -0.2) is 43.3 Å². The number of hydrogen-bond donors (Lipinski definition) is 1. The minimum atomic E-state index is -4.26. The van der Waals surface area contributed by atoms with Crippen molar-refractivity contribution in [1.82, 2.24) is 0 Å². The molecule has 0 aliphatic carbocycles. The van der Waals surface area contributed by atoms with Crippen LogP contribution < -0.4 is 0 Å². The Hall–Kier alpha value is -1.73. The van der Waals surface area contributed by atoms with Crippen LogP contribution in [0.15, 0.2) is 36.5 Å². The van der Waals surface area contributed by atoms with Gasteiger partial charge in [-0.15, -0.1) is 0 Å². The molecule has 0 fully saturated rings. The van der Waals surface area contributed by atoms with Gasteiger partial charge in [-0.25, -0.2) is 4.57 Å². The highest BCUT2D eigenvalue weighted by molar-refractivity contribution is 7.47. The Morgan fingerprint density at radius 3 is 1.36 bits per heavy atom. The molecule has 0 heterocycles. The van der Waals surface area contributed by atoms with E-state index in [2.05, 4.69) is 54.8 Å². The third-order valence-electron chi connectivity index (χ3n) is 9.36. The number of phosphoric acid groups is 1. The monoisotopic (exact) mass is 769 g/mol. The summed E-state index contributed by atoms with van der Waals surface area (Å²) in [6.45, 7) is 3.86. The Kier molecular flexibility index (Phi) is 38.6. The Morgan fingerprint density at radius 2 is 0.906 bits per heavy atom. The first-order chi connectivity index (χ1) is 25.8. The van der Waals surface area contributed by atoms with Gasteiger partial charge in [0.2, 0.25) is 0 Å². The number of phosphoric ester groups is 1. The molecule has 310 valence electrons. The minimum Gasteiger partial charge on any atom is -0.462 e. The number of unbranched alkanes of at least 4 members (excludes halogenated alkanes) is 23. The fourth-order valence-electron chi connectivity index (χ4n) is 5.98. The maximum Gasteiger partial charge on any atom is 0.472 e. The largest absolute Gasteiger partial charge is 0.472 e. The fourth-order valence-corrected chi connectivity index (χ4v) is 6.44. The van der Waals surface area contributed by atoms with Gasteiger partial charge >= 0.3 is 19.8 Å². The van der Waals surface area contributed by atoms with Gasteiger partial charge in [0, 0.05) is 20.0 Å². The van der Waals surface area contributed by atoms with Crippen molar-refractivity contribution in [2.45, 2.75) is 213 Å². The minimum absolute atomic E-state index is 0.230. The number of carbonyl (C=O) groups is 2. The van der Waals surface area contributed by atoms with E-state index in [0.29, 0.717) is 6.42 Å². The summed E-state index contributed by atoms with van der Waals surface area (Å²) in [6, 6.07) is 0. The molecule has 0 radical (unpaired) electrons. The summed E-state index contributed by atoms with van der Waals surface area (Å²) in [6.07, 6.45) is 46.2. The normalized spacial score (nSPS) is 13.7. The van der Waals surface area contributed by atoms with E-state index in [4.69, 9.17) is 14.0 Å². The van der Waals surface area contributed by atoms with Crippen molar-refractivity contribution in [3.8, 4) is 0 Å². The molecule has 0 spiro atoms. The Bertz CT molecular complexity index is 963. The molecule has 1 N–H and O–H groups in total. The third kappa shape index (κ3) is 39.8. The lowest BCUT2D eigenvalue weighted by molar-refractivity contribution is -0.161. The molecule has 0 aromatic rings. The number of esters is 2. The lowest BCUT2D eigenvalue weighted by atomic mass is 10.1. The molecule has 0 aromatic carbocycles. The van der Waals surface area contributed by atoms with E-state index in [1.54, 1.807) is 0 Å². The number of allylic oxidation sites excluding steroid dienone is 6. The van der Waals surface area contributed by atoms with Crippen LogP contribution in [-0.2, 0) is 32.7 Å². The molecule has 0 aromatic heterocycles.